The smallest absolute Gasteiger partial charge is 0.206 e. The Labute approximate surface area is 297 Å². The Balaban J connectivity index is 1.41. The highest BCUT2D eigenvalue weighted by Gasteiger charge is 2.30. The average molecular weight is 685 g/mol. The molecule has 1 aliphatic rings. The highest BCUT2D eigenvalue weighted by molar-refractivity contribution is 7.91. The van der Waals surface area contributed by atoms with Crippen LogP contribution in [0.15, 0.2) is 107 Å². The van der Waals surface area contributed by atoms with Crippen LogP contribution in [0.2, 0.25) is 0 Å². The van der Waals surface area contributed by atoms with Gasteiger partial charge in [0.05, 0.1) is 38.9 Å². The average Bonchev–Trinajstić information content (AvgIpc) is 3.57. The van der Waals surface area contributed by atoms with Gasteiger partial charge < -0.3 is 9.80 Å². The van der Waals surface area contributed by atoms with Gasteiger partial charge in [0.25, 0.3) is 0 Å². The van der Waals surface area contributed by atoms with Gasteiger partial charge in [-0.3, -0.25) is 4.57 Å². The number of fused-ring (bicyclic) bond motifs is 4. The molecule has 2 aromatic heterocycles. The van der Waals surface area contributed by atoms with Crippen molar-refractivity contribution in [2.24, 2.45) is 0 Å². The third-order valence-electron chi connectivity index (χ3n) is 10.1. The zero-order chi connectivity index (χ0) is 36.0. The number of rotatable bonds is 4. The Morgan fingerprint density at radius 3 is 1.96 bits per heavy atom. The summed E-state index contributed by atoms with van der Waals surface area (Å²) in [5.74, 6) is 0.765. The third-order valence-corrected chi connectivity index (χ3v) is 11.8. The van der Waals surface area contributed by atoms with Crippen LogP contribution >= 0.6 is 0 Å². The van der Waals surface area contributed by atoms with Gasteiger partial charge in [0.2, 0.25) is 9.84 Å². The maximum Gasteiger partial charge on any atom is 0.206 e. The van der Waals surface area contributed by atoms with Gasteiger partial charge in [-0.2, -0.15) is 0 Å². The number of hydrogen-bond acceptors (Lipinski definition) is 5. The van der Waals surface area contributed by atoms with Crippen molar-refractivity contribution in [1.29, 1.82) is 0 Å². The van der Waals surface area contributed by atoms with E-state index in [2.05, 4.69) is 126 Å². The molecule has 0 atom stereocenters. The van der Waals surface area contributed by atoms with E-state index in [4.69, 9.17) is 4.98 Å². The highest BCUT2D eigenvalue weighted by Crippen LogP contribution is 2.44. The molecule has 4 aromatic carbocycles. The molecule has 3 heterocycles. The largest absolute Gasteiger partial charge is 0.355 e. The highest BCUT2D eigenvalue weighted by atomic mass is 32.2. The fourth-order valence-corrected chi connectivity index (χ4v) is 8.29. The monoisotopic (exact) mass is 684 g/mol. The molecule has 0 aliphatic carbocycles. The summed E-state index contributed by atoms with van der Waals surface area (Å²) in [4.78, 5) is 9.80. The van der Waals surface area contributed by atoms with Gasteiger partial charge in [-0.25, -0.2) is 13.4 Å². The molecular formula is C43H48N4O2S. The molecule has 6 aromatic rings. The van der Waals surface area contributed by atoms with Crippen LogP contribution in [0.3, 0.4) is 0 Å². The van der Waals surface area contributed by atoms with Crippen LogP contribution in [0, 0.1) is 0 Å². The standard InChI is InChI=1S/C43H48N4O2S/c1-41(2,3)28-15-18-37-39(23-28)46(27-45(37)10)31-21-30(43(7,8)9)22-33(25-31)50(48,49)32-16-17-35-34-13-11-12-14-36(34)47(38(35)26-32)40-24-29(19-20-44-40)42(4,5)6/h11-26H,27H2,1-10H3. The summed E-state index contributed by atoms with van der Waals surface area (Å²) in [6, 6.07) is 30.4. The quantitative estimate of drug-likeness (QED) is 0.185. The van der Waals surface area contributed by atoms with Crippen LogP contribution in [0.5, 0.6) is 0 Å². The van der Waals surface area contributed by atoms with Crippen molar-refractivity contribution in [2.45, 2.75) is 88.3 Å². The molecule has 0 bridgehead atoms. The maximum atomic E-state index is 14.8. The Kier molecular flexibility index (Phi) is 7.76. The van der Waals surface area contributed by atoms with E-state index in [1.807, 2.05) is 48.7 Å². The van der Waals surface area contributed by atoms with E-state index in [0.717, 1.165) is 55.8 Å². The van der Waals surface area contributed by atoms with E-state index in [-0.39, 0.29) is 26.0 Å². The predicted octanol–water partition coefficient (Wildman–Crippen LogP) is 10.4. The first-order valence-electron chi connectivity index (χ1n) is 17.4. The molecule has 0 fully saturated rings. The Morgan fingerprint density at radius 1 is 0.600 bits per heavy atom. The second kappa shape index (κ2) is 11.5. The van der Waals surface area contributed by atoms with Crippen molar-refractivity contribution < 1.29 is 8.42 Å². The minimum atomic E-state index is -3.93. The second-order valence-electron chi connectivity index (χ2n) is 16.9. The summed E-state index contributed by atoms with van der Waals surface area (Å²) in [6.07, 6.45) is 1.84. The first kappa shape index (κ1) is 33.9. The van der Waals surface area contributed by atoms with Crippen LogP contribution in [0.25, 0.3) is 27.6 Å². The summed E-state index contributed by atoms with van der Waals surface area (Å²) in [5.41, 5.74) is 7.88. The minimum Gasteiger partial charge on any atom is -0.355 e. The zero-order valence-corrected chi connectivity index (χ0v) is 31.8. The number of anilines is 3. The summed E-state index contributed by atoms with van der Waals surface area (Å²) in [7, 11) is -1.84. The second-order valence-corrected chi connectivity index (χ2v) is 18.8. The molecular weight excluding hydrogens is 637 g/mol. The van der Waals surface area contributed by atoms with Gasteiger partial charge in [-0.1, -0.05) is 92.6 Å². The molecule has 50 heavy (non-hydrogen) atoms. The van der Waals surface area contributed by atoms with Gasteiger partial charge in [0.1, 0.15) is 5.82 Å². The lowest BCUT2D eigenvalue weighted by Gasteiger charge is -2.26. The van der Waals surface area contributed by atoms with Gasteiger partial charge >= 0.3 is 0 Å². The predicted molar refractivity (Wildman–Crippen MR) is 208 cm³/mol. The van der Waals surface area contributed by atoms with E-state index in [0.29, 0.717) is 6.67 Å². The minimum absolute atomic E-state index is 0.0195. The Bertz CT molecular complexity index is 2400. The molecule has 1 aliphatic heterocycles. The molecule has 7 rings (SSSR count). The summed E-state index contributed by atoms with van der Waals surface area (Å²) in [5, 5.41) is 2.04. The number of pyridine rings is 1. The first-order chi connectivity index (χ1) is 23.3. The van der Waals surface area contributed by atoms with E-state index >= 15 is 0 Å². The number of aromatic nitrogens is 2. The number of hydrogen-bond donors (Lipinski definition) is 0. The van der Waals surface area contributed by atoms with E-state index in [9.17, 15) is 8.42 Å². The molecule has 6 nitrogen and oxygen atoms in total. The topological polar surface area (TPSA) is 58.4 Å². The lowest BCUT2D eigenvalue weighted by molar-refractivity contribution is 0.583. The lowest BCUT2D eigenvalue weighted by atomic mass is 9.86. The molecule has 0 unspecified atom stereocenters. The fraction of sp³-hybridized carbons (Fsp3) is 0.326. The van der Waals surface area contributed by atoms with Crippen molar-refractivity contribution in [3.63, 3.8) is 0 Å². The number of sulfone groups is 1. The molecule has 0 saturated carbocycles. The fourth-order valence-electron chi connectivity index (χ4n) is 6.95. The lowest BCUT2D eigenvalue weighted by Crippen LogP contribution is -2.25. The van der Waals surface area contributed by atoms with Crippen molar-refractivity contribution >= 4 is 48.7 Å². The molecule has 0 N–H and O–H groups in total. The van der Waals surface area contributed by atoms with Gasteiger partial charge in [-0.05, 0) is 93.6 Å². The van der Waals surface area contributed by atoms with E-state index < -0.39 is 9.84 Å². The molecule has 258 valence electrons. The maximum absolute atomic E-state index is 14.8. The van der Waals surface area contributed by atoms with Crippen molar-refractivity contribution in [3.05, 3.63) is 114 Å². The van der Waals surface area contributed by atoms with Crippen LogP contribution < -0.4 is 9.80 Å². The molecule has 7 heteroatoms. The number of benzene rings is 4. The summed E-state index contributed by atoms with van der Waals surface area (Å²) in [6.45, 7) is 20.2. The van der Waals surface area contributed by atoms with Crippen LogP contribution in [0.4, 0.5) is 17.1 Å². The van der Waals surface area contributed by atoms with Crippen LogP contribution in [-0.4, -0.2) is 31.7 Å². The van der Waals surface area contributed by atoms with Gasteiger partial charge in [0, 0.05) is 29.7 Å². The van der Waals surface area contributed by atoms with Crippen LogP contribution in [0.1, 0.15) is 79.0 Å². The Morgan fingerprint density at radius 2 is 1.26 bits per heavy atom. The van der Waals surface area contributed by atoms with E-state index in [1.165, 1.54) is 5.56 Å². The summed E-state index contributed by atoms with van der Waals surface area (Å²) >= 11 is 0. The SMILES string of the molecule is CN1CN(c2cc(C(C)(C)C)cc(S(=O)(=O)c3ccc4c5ccccc5n(-c5cc(C(C)(C)C)ccn5)c4c3)c2)c2cc(C(C)(C)C)ccc21. The molecule has 0 radical (unpaired) electrons. The van der Waals surface area contributed by atoms with Crippen molar-refractivity contribution in [3.8, 4) is 5.82 Å². The third kappa shape index (κ3) is 5.75. The number of nitrogens with zero attached hydrogens (tertiary/aromatic N) is 4. The van der Waals surface area contributed by atoms with Crippen molar-refractivity contribution in [2.75, 3.05) is 23.5 Å². The summed E-state index contributed by atoms with van der Waals surface area (Å²) < 4.78 is 31.7. The van der Waals surface area contributed by atoms with Crippen molar-refractivity contribution in [1.82, 2.24) is 9.55 Å². The normalized spacial score (nSPS) is 14.2. The van der Waals surface area contributed by atoms with Gasteiger partial charge in [-0.15, -0.1) is 0 Å². The zero-order valence-electron chi connectivity index (χ0n) is 31.0. The Hall–Kier alpha value is -4.62. The van der Waals surface area contributed by atoms with Gasteiger partial charge in [0.15, 0.2) is 0 Å². The first-order valence-corrected chi connectivity index (χ1v) is 18.9. The molecule has 0 spiro atoms. The van der Waals surface area contributed by atoms with E-state index in [1.54, 1.807) is 6.07 Å². The number of para-hydroxylation sites is 1. The van der Waals surface area contributed by atoms with Crippen LogP contribution in [-0.2, 0) is 26.1 Å². The molecule has 0 saturated heterocycles. The molecule has 0 amide bonds.